The summed E-state index contributed by atoms with van der Waals surface area (Å²) in [4.78, 5) is 7.33. The monoisotopic (exact) mass is 368 g/mol. The van der Waals surface area contributed by atoms with E-state index in [0.717, 1.165) is 40.3 Å². The lowest BCUT2D eigenvalue weighted by Gasteiger charge is -2.21. The number of likely N-dealkylation sites (N-methyl/N-ethyl adjacent to an activating group) is 1. The van der Waals surface area contributed by atoms with Crippen molar-refractivity contribution in [2.24, 2.45) is 4.99 Å². The van der Waals surface area contributed by atoms with Crippen LogP contribution in [0.1, 0.15) is 32.3 Å². The van der Waals surface area contributed by atoms with Gasteiger partial charge in [0.15, 0.2) is 0 Å². The van der Waals surface area contributed by atoms with Gasteiger partial charge >= 0.3 is 0 Å². The van der Waals surface area contributed by atoms with Crippen molar-refractivity contribution >= 4 is 21.6 Å². The minimum absolute atomic E-state index is 0.559. The molecule has 0 radical (unpaired) electrons. The Morgan fingerprint density at radius 2 is 2.14 bits per heavy atom. The van der Waals surface area contributed by atoms with E-state index in [2.05, 4.69) is 27.8 Å². The summed E-state index contributed by atoms with van der Waals surface area (Å²) in [5.41, 5.74) is 1.89. The van der Waals surface area contributed by atoms with E-state index in [-0.39, 0.29) is 0 Å². The Morgan fingerprint density at radius 3 is 2.77 bits per heavy atom. The molecule has 1 aliphatic rings. The number of benzene rings is 1. The first-order valence-electron chi connectivity index (χ1n) is 7.78. The van der Waals surface area contributed by atoms with Crippen molar-refractivity contribution in [1.82, 2.24) is 4.90 Å². The standard InChI is InChI=1S/C17H25BrN2O2/c1-5-20-10-6-7-13(20)11-19-12(2)16-15(21-3)9-8-14(18)17(16)22-4/h8-9,13H,5-7,10-11H2,1-4H3. The van der Waals surface area contributed by atoms with Crippen LogP contribution in [0.2, 0.25) is 0 Å². The van der Waals surface area contributed by atoms with Crippen LogP contribution in [-0.4, -0.2) is 50.5 Å². The van der Waals surface area contributed by atoms with Crippen LogP contribution >= 0.6 is 15.9 Å². The molecule has 1 atom stereocenters. The van der Waals surface area contributed by atoms with Crippen LogP contribution in [0.3, 0.4) is 0 Å². The van der Waals surface area contributed by atoms with Gasteiger partial charge in [0.05, 0.1) is 30.8 Å². The number of methoxy groups -OCH3 is 2. The molecule has 0 N–H and O–H groups in total. The molecule has 22 heavy (non-hydrogen) atoms. The number of rotatable bonds is 6. The first-order chi connectivity index (χ1) is 10.6. The molecule has 4 nitrogen and oxygen atoms in total. The molecule has 0 aromatic heterocycles. The number of hydrogen-bond acceptors (Lipinski definition) is 4. The van der Waals surface area contributed by atoms with Crippen LogP contribution < -0.4 is 9.47 Å². The van der Waals surface area contributed by atoms with Crippen molar-refractivity contribution in [2.75, 3.05) is 33.9 Å². The molecule has 5 heteroatoms. The second kappa shape index (κ2) is 7.97. The van der Waals surface area contributed by atoms with Crippen molar-refractivity contribution in [3.8, 4) is 11.5 Å². The Balaban J connectivity index is 2.26. The molecule has 1 unspecified atom stereocenters. The van der Waals surface area contributed by atoms with Gasteiger partial charge in [0.25, 0.3) is 0 Å². The molecule has 1 aromatic carbocycles. The number of halogens is 1. The van der Waals surface area contributed by atoms with Crippen LogP contribution in [0.15, 0.2) is 21.6 Å². The minimum atomic E-state index is 0.559. The molecule has 1 fully saturated rings. The Morgan fingerprint density at radius 1 is 1.36 bits per heavy atom. The smallest absolute Gasteiger partial charge is 0.145 e. The molecule has 1 aromatic rings. The van der Waals surface area contributed by atoms with Gasteiger partial charge in [-0.05, 0) is 60.9 Å². The van der Waals surface area contributed by atoms with Crippen LogP contribution in [0.4, 0.5) is 0 Å². The van der Waals surface area contributed by atoms with E-state index >= 15 is 0 Å². The zero-order chi connectivity index (χ0) is 16.1. The second-order valence-electron chi connectivity index (χ2n) is 5.51. The first kappa shape index (κ1) is 17.3. The molecule has 122 valence electrons. The fraction of sp³-hybridized carbons (Fsp3) is 0.588. The van der Waals surface area contributed by atoms with Gasteiger partial charge in [0, 0.05) is 11.8 Å². The van der Waals surface area contributed by atoms with Gasteiger partial charge in [-0.3, -0.25) is 9.89 Å². The topological polar surface area (TPSA) is 34.1 Å². The Hall–Kier alpha value is -1.07. The predicted molar refractivity (Wildman–Crippen MR) is 94.6 cm³/mol. The summed E-state index contributed by atoms with van der Waals surface area (Å²) >= 11 is 3.53. The van der Waals surface area contributed by atoms with Crippen molar-refractivity contribution in [1.29, 1.82) is 0 Å². The molecule has 0 saturated carbocycles. The summed E-state index contributed by atoms with van der Waals surface area (Å²) in [7, 11) is 3.35. The van der Waals surface area contributed by atoms with Crippen molar-refractivity contribution in [3.63, 3.8) is 0 Å². The van der Waals surface area contributed by atoms with Crippen molar-refractivity contribution in [3.05, 3.63) is 22.2 Å². The average molecular weight is 369 g/mol. The minimum Gasteiger partial charge on any atom is -0.496 e. The third-order valence-corrected chi connectivity index (χ3v) is 4.93. The summed E-state index contributed by atoms with van der Waals surface area (Å²) in [6, 6.07) is 4.43. The number of hydrogen-bond donors (Lipinski definition) is 0. The van der Waals surface area contributed by atoms with Gasteiger partial charge in [-0.15, -0.1) is 0 Å². The highest BCUT2D eigenvalue weighted by Gasteiger charge is 2.23. The highest BCUT2D eigenvalue weighted by atomic mass is 79.9. The third kappa shape index (κ3) is 3.63. The highest BCUT2D eigenvalue weighted by molar-refractivity contribution is 9.10. The largest absolute Gasteiger partial charge is 0.496 e. The van der Waals surface area contributed by atoms with Gasteiger partial charge in [0.1, 0.15) is 11.5 Å². The molecule has 0 amide bonds. The molecule has 1 heterocycles. The summed E-state index contributed by atoms with van der Waals surface area (Å²) in [5, 5.41) is 0. The molecule has 1 saturated heterocycles. The maximum Gasteiger partial charge on any atom is 0.145 e. The molecule has 0 spiro atoms. The molecular formula is C17H25BrN2O2. The van der Waals surface area contributed by atoms with Crippen molar-refractivity contribution in [2.45, 2.75) is 32.7 Å². The van der Waals surface area contributed by atoms with E-state index in [1.165, 1.54) is 19.4 Å². The van der Waals surface area contributed by atoms with Gasteiger partial charge in [0.2, 0.25) is 0 Å². The van der Waals surface area contributed by atoms with E-state index in [4.69, 9.17) is 14.5 Å². The summed E-state index contributed by atoms with van der Waals surface area (Å²) in [6.45, 7) is 7.37. The van der Waals surface area contributed by atoms with Gasteiger partial charge in [-0.1, -0.05) is 6.92 Å². The molecular weight excluding hydrogens is 344 g/mol. The predicted octanol–water partition coefficient (Wildman–Crippen LogP) is 3.76. The summed E-state index contributed by atoms with van der Waals surface area (Å²) in [6.07, 6.45) is 2.51. The Kier molecular flexibility index (Phi) is 6.26. The molecule has 0 bridgehead atoms. The Bertz CT molecular complexity index is 546. The Labute approximate surface area is 141 Å². The van der Waals surface area contributed by atoms with Gasteiger partial charge in [-0.2, -0.15) is 0 Å². The van der Waals surface area contributed by atoms with Gasteiger partial charge in [-0.25, -0.2) is 0 Å². The number of likely N-dealkylation sites (tertiary alicyclic amines) is 1. The van der Waals surface area contributed by atoms with Crippen molar-refractivity contribution < 1.29 is 9.47 Å². The van der Waals surface area contributed by atoms with E-state index in [1.807, 2.05) is 19.1 Å². The maximum absolute atomic E-state index is 5.54. The zero-order valence-electron chi connectivity index (χ0n) is 13.9. The fourth-order valence-corrected chi connectivity index (χ4v) is 3.58. The quantitative estimate of drug-likeness (QED) is 0.716. The van der Waals surface area contributed by atoms with Crippen LogP contribution in [-0.2, 0) is 0 Å². The molecule has 2 rings (SSSR count). The second-order valence-corrected chi connectivity index (χ2v) is 6.36. The molecule has 1 aliphatic heterocycles. The van der Waals surface area contributed by atoms with E-state index < -0.39 is 0 Å². The van der Waals surface area contributed by atoms with E-state index in [0.29, 0.717) is 6.04 Å². The summed E-state index contributed by atoms with van der Waals surface area (Å²) in [5.74, 6) is 1.57. The van der Waals surface area contributed by atoms with Crippen LogP contribution in [0.25, 0.3) is 0 Å². The number of ether oxygens (including phenoxy) is 2. The van der Waals surface area contributed by atoms with Crippen LogP contribution in [0.5, 0.6) is 11.5 Å². The lowest BCUT2D eigenvalue weighted by molar-refractivity contribution is 0.273. The highest BCUT2D eigenvalue weighted by Crippen LogP contribution is 2.36. The van der Waals surface area contributed by atoms with Gasteiger partial charge < -0.3 is 9.47 Å². The number of aliphatic imine (C=N–C) groups is 1. The van der Waals surface area contributed by atoms with E-state index in [1.54, 1.807) is 14.2 Å². The molecule has 0 aliphatic carbocycles. The summed E-state index contributed by atoms with van der Waals surface area (Å²) < 4.78 is 11.9. The average Bonchev–Trinajstić information content (AvgIpc) is 2.99. The number of nitrogens with zero attached hydrogens (tertiary/aromatic N) is 2. The first-order valence-corrected chi connectivity index (χ1v) is 8.57. The van der Waals surface area contributed by atoms with E-state index in [9.17, 15) is 0 Å². The zero-order valence-corrected chi connectivity index (χ0v) is 15.4. The SMILES string of the molecule is CCN1CCCC1CN=C(C)c1c(OC)ccc(Br)c1OC. The fourth-order valence-electron chi connectivity index (χ4n) is 3.09. The lowest BCUT2D eigenvalue weighted by Crippen LogP contribution is -2.31. The lowest BCUT2D eigenvalue weighted by atomic mass is 10.1. The van der Waals surface area contributed by atoms with Crippen LogP contribution in [0, 0.1) is 0 Å². The third-order valence-electron chi connectivity index (χ3n) is 4.30. The maximum atomic E-state index is 5.54. The normalized spacial score (nSPS) is 19.5.